The molecule has 4 rings (SSSR count). The quantitative estimate of drug-likeness (QED) is 0.741. The zero-order chi connectivity index (χ0) is 22.2. The number of piperazine rings is 1. The van der Waals surface area contributed by atoms with E-state index in [-0.39, 0.29) is 48.8 Å². The standard InChI is InChI=1S/C22H24ClN3O4S/c1-15-12-20(15)21(27)24-18-6-2-4-16(13-18)22(28)25-8-10-26(11-9-25)31(29,30)19-7-3-5-17(23)14-19/h2-7,13-15,20H,8-12H2,1H3,(H,24,27). The zero-order valence-electron chi connectivity index (χ0n) is 17.1. The van der Waals surface area contributed by atoms with Crippen LogP contribution in [-0.4, -0.2) is 55.6 Å². The lowest BCUT2D eigenvalue weighted by atomic mass is 10.1. The van der Waals surface area contributed by atoms with E-state index in [2.05, 4.69) is 5.32 Å². The maximum absolute atomic E-state index is 12.9. The van der Waals surface area contributed by atoms with Gasteiger partial charge in [-0.2, -0.15) is 4.31 Å². The number of sulfonamides is 1. The molecule has 0 aromatic heterocycles. The molecule has 1 saturated carbocycles. The minimum Gasteiger partial charge on any atom is -0.336 e. The summed E-state index contributed by atoms with van der Waals surface area (Å²) in [5.74, 6) is 0.255. The first-order chi connectivity index (χ1) is 14.8. The van der Waals surface area contributed by atoms with Crippen LogP contribution >= 0.6 is 11.6 Å². The molecule has 0 spiro atoms. The lowest BCUT2D eigenvalue weighted by molar-refractivity contribution is -0.117. The molecule has 7 nitrogen and oxygen atoms in total. The number of nitrogens with zero attached hydrogens (tertiary/aromatic N) is 2. The van der Waals surface area contributed by atoms with Gasteiger partial charge in [0.05, 0.1) is 4.90 Å². The predicted octanol–water partition coefficient (Wildman–Crippen LogP) is 3.08. The molecule has 2 fully saturated rings. The number of halogens is 1. The first kappa shape index (κ1) is 21.8. The van der Waals surface area contributed by atoms with Crippen LogP contribution in [0.2, 0.25) is 5.02 Å². The summed E-state index contributed by atoms with van der Waals surface area (Å²) in [6.45, 7) is 3.02. The van der Waals surface area contributed by atoms with E-state index in [1.165, 1.54) is 16.4 Å². The molecule has 9 heteroatoms. The van der Waals surface area contributed by atoms with Gasteiger partial charge in [0, 0.05) is 48.4 Å². The van der Waals surface area contributed by atoms with Crippen molar-refractivity contribution in [3.05, 3.63) is 59.1 Å². The Balaban J connectivity index is 1.39. The number of carbonyl (C=O) groups excluding carboxylic acids is 2. The highest BCUT2D eigenvalue weighted by Crippen LogP contribution is 2.38. The number of nitrogens with one attached hydrogen (secondary N) is 1. The first-order valence-electron chi connectivity index (χ1n) is 10.2. The van der Waals surface area contributed by atoms with Crippen LogP contribution in [-0.2, 0) is 14.8 Å². The molecule has 2 amide bonds. The fourth-order valence-electron chi connectivity index (χ4n) is 3.74. The monoisotopic (exact) mass is 461 g/mol. The summed E-state index contributed by atoms with van der Waals surface area (Å²) in [4.78, 5) is 26.9. The van der Waals surface area contributed by atoms with E-state index in [4.69, 9.17) is 11.6 Å². The highest BCUT2D eigenvalue weighted by atomic mass is 35.5. The summed E-state index contributed by atoms with van der Waals surface area (Å²) in [7, 11) is -3.66. The Morgan fingerprint density at radius 1 is 1.03 bits per heavy atom. The Bertz CT molecular complexity index is 1110. The molecular weight excluding hydrogens is 438 g/mol. The van der Waals surface area contributed by atoms with Crippen molar-refractivity contribution in [3.63, 3.8) is 0 Å². The summed E-state index contributed by atoms with van der Waals surface area (Å²) < 4.78 is 27.1. The summed E-state index contributed by atoms with van der Waals surface area (Å²) in [5.41, 5.74) is 1.06. The Kier molecular flexibility index (Phi) is 6.05. The maximum Gasteiger partial charge on any atom is 0.254 e. The van der Waals surface area contributed by atoms with Gasteiger partial charge < -0.3 is 10.2 Å². The third-order valence-electron chi connectivity index (χ3n) is 5.78. The van der Waals surface area contributed by atoms with Crippen molar-refractivity contribution in [1.82, 2.24) is 9.21 Å². The summed E-state index contributed by atoms with van der Waals surface area (Å²) in [6, 6.07) is 13.0. The highest BCUT2D eigenvalue weighted by molar-refractivity contribution is 7.89. The second-order valence-electron chi connectivity index (χ2n) is 8.04. The molecule has 1 N–H and O–H groups in total. The minimum atomic E-state index is -3.66. The van der Waals surface area contributed by atoms with Crippen LogP contribution in [0.5, 0.6) is 0 Å². The van der Waals surface area contributed by atoms with E-state index < -0.39 is 10.0 Å². The average molecular weight is 462 g/mol. The van der Waals surface area contributed by atoms with Crippen molar-refractivity contribution in [3.8, 4) is 0 Å². The SMILES string of the molecule is CC1CC1C(=O)Nc1cccc(C(=O)N2CCN(S(=O)(=O)c3cccc(Cl)c3)CC2)c1. The summed E-state index contributed by atoms with van der Waals surface area (Å²) in [5, 5.41) is 3.23. The maximum atomic E-state index is 12.9. The number of benzene rings is 2. The Hall–Kier alpha value is -2.42. The van der Waals surface area contributed by atoms with Gasteiger partial charge in [0.2, 0.25) is 15.9 Å². The number of rotatable bonds is 5. The van der Waals surface area contributed by atoms with Gasteiger partial charge >= 0.3 is 0 Å². The number of carbonyl (C=O) groups is 2. The van der Waals surface area contributed by atoms with E-state index in [0.29, 0.717) is 22.2 Å². The molecule has 0 bridgehead atoms. The first-order valence-corrected chi connectivity index (χ1v) is 12.0. The van der Waals surface area contributed by atoms with Crippen LogP contribution in [0.4, 0.5) is 5.69 Å². The molecule has 2 aliphatic rings. The molecule has 0 radical (unpaired) electrons. The minimum absolute atomic E-state index is 0.0167. The Morgan fingerprint density at radius 2 is 1.71 bits per heavy atom. The van der Waals surface area contributed by atoms with Gasteiger partial charge in [-0.05, 0) is 48.7 Å². The van der Waals surface area contributed by atoms with Crippen molar-refractivity contribution in [2.24, 2.45) is 11.8 Å². The van der Waals surface area contributed by atoms with Crippen LogP contribution in [0, 0.1) is 11.8 Å². The molecule has 2 atom stereocenters. The van der Waals surface area contributed by atoms with Crippen LogP contribution in [0.25, 0.3) is 0 Å². The van der Waals surface area contributed by atoms with Gasteiger partial charge in [0.25, 0.3) is 5.91 Å². The molecular formula is C22H24ClN3O4S. The topological polar surface area (TPSA) is 86.8 Å². The fourth-order valence-corrected chi connectivity index (χ4v) is 5.47. The molecule has 164 valence electrons. The number of hydrogen-bond acceptors (Lipinski definition) is 4. The number of amides is 2. The van der Waals surface area contributed by atoms with Crippen molar-refractivity contribution in [2.75, 3.05) is 31.5 Å². The average Bonchev–Trinajstić information content (AvgIpc) is 3.50. The Morgan fingerprint density at radius 3 is 2.35 bits per heavy atom. The fraction of sp³-hybridized carbons (Fsp3) is 0.364. The van der Waals surface area contributed by atoms with Crippen LogP contribution in [0.15, 0.2) is 53.4 Å². The molecule has 1 saturated heterocycles. The van der Waals surface area contributed by atoms with Gasteiger partial charge in [-0.3, -0.25) is 9.59 Å². The third-order valence-corrected chi connectivity index (χ3v) is 7.91. The third kappa shape index (κ3) is 4.76. The second kappa shape index (κ2) is 8.61. The van der Waals surface area contributed by atoms with Crippen LogP contribution in [0.3, 0.4) is 0 Å². The van der Waals surface area contributed by atoms with E-state index in [0.717, 1.165) is 6.42 Å². The van der Waals surface area contributed by atoms with Gasteiger partial charge in [0.15, 0.2) is 0 Å². The van der Waals surface area contributed by atoms with E-state index >= 15 is 0 Å². The molecule has 1 aliphatic carbocycles. The molecule has 2 unspecified atom stereocenters. The largest absolute Gasteiger partial charge is 0.336 e. The van der Waals surface area contributed by atoms with Crippen LogP contribution in [0.1, 0.15) is 23.7 Å². The predicted molar refractivity (Wildman–Crippen MR) is 118 cm³/mol. The lowest BCUT2D eigenvalue weighted by Crippen LogP contribution is -2.50. The lowest BCUT2D eigenvalue weighted by Gasteiger charge is -2.34. The van der Waals surface area contributed by atoms with Crippen molar-refractivity contribution >= 4 is 39.1 Å². The van der Waals surface area contributed by atoms with Crippen LogP contribution < -0.4 is 5.32 Å². The molecule has 2 aromatic rings. The van der Waals surface area contributed by atoms with Crippen molar-refractivity contribution in [1.29, 1.82) is 0 Å². The molecule has 31 heavy (non-hydrogen) atoms. The number of hydrogen-bond donors (Lipinski definition) is 1. The molecule has 1 aliphatic heterocycles. The van der Waals surface area contributed by atoms with Gasteiger partial charge in [-0.15, -0.1) is 0 Å². The summed E-state index contributed by atoms with van der Waals surface area (Å²) in [6.07, 6.45) is 0.896. The van der Waals surface area contributed by atoms with Gasteiger partial charge in [-0.25, -0.2) is 8.42 Å². The van der Waals surface area contributed by atoms with Gasteiger partial charge in [0.1, 0.15) is 0 Å². The summed E-state index contributed by atoms with van der Waals surface area (Å²) >= 11 is 5.93. The molecule has 2 aromatic carbocycles. The second-order valence-corrected chi connectivity index (χ2v) is 10.4. The zero-order valence-corrected chi connectivity index (χ0v) is 18.7. The number of anilines is 1. The normalized spacial score (nSPS) is 21.5. The highest BCUT2D eigenvalue weighted by Gasteiger charge is 2.39. The van der Waals surface area contributed by atoms with E-state index in [9.17, 15) is 18.0 Å². The smallest absolute Gasteiger partial charge is 0.254 e. The van der Waals surface area contributed by atoms with Crippen molar-refractivity contribution < 1.29 is 18.0 Å². The van der Waals surface area contributed by atoms with E-state index in [1.54, 1.807) is 41.3 Å². The van der Waals surface area contributed by atoms with E-state index in [1.807, 2.05) is 6.92 Å². The Labute approximate surface area is 187 Å². The van der Waals surface area contributed by atoms with Gasteiger partial charge in [-0.1, -0.05) is 30.7 Å². The molecule has 1 heterocycles. The van der Waals surface area contributed by atoms with Crippen molar-refractivity contribution in [2.45, 2.75) is 18.2 Å².